The second-order valence-electron chi connectivity index (χ2n) is 4.89. The van der Waals surface area contributed by atoms with Crippen LogP contribution in [0, 0.1) is 0 Å². The summed E-state index contributed by atoms with van der Waals surface area (Å²) in [6, 6.07) is 11.8. The molecule has 0 radical (unpaired) electrons. The molecule has 0 bridgehead atoms. The highest BCUT2D eigenvalue weighted by Gasteiger charge is 2.08. The minimum absolute atomic E-state index is 0.674. The van der Waals surface area contributed by atoms with Crippen molar-refractivity contribution in [3.05, 3.63) is 52.8 Å². The third-order valence-electron chi connectivity index (χ3n) is 3.15. The highest BCUT2D eigenvalue weighted by Crippen LogP contribution is 2.20. The van der Waals surface area contributed by atoms with Gasteiger partial charge in [0.1, 0.15) is 11.6 Å². The number of pyridine rings is 1. The van der Waals surface area contributed by atoms with Crippen LogP contribution < -0.4 is 4.90 Å². The zero-order chi connectivity index (χ0) is 14.1. The molecule has 1 N–H and O–H groups in total. The molecule has 4 nitrogen and oxygen atoms in total. The molecule has 0 spiro atoms. The van der Waals surface area contributed by atoms with Crippen LogP contribution in [0.25, 0.3) is 11.2 Å². The van der Waals surface area contributed by atoms with Crippen LogP contribution in [-0.4, -0.2) is 29.0 Å². The van der Waals surface area contributed by atoms with E-state index in [-0.39, 0.29) is 0 Å². The standard InChI is InChI=1S/C15H15ClN4/c1-20(2)14-8-7-12-15(19-14)18-13(17-12)9-10-5-3-4-6-11(10)16/h3-8H,9H2,1-2H3,(H,17,18,19). The number of imidazole rings is 1. The number of anilines is 1. The van der Waals surface area contributed by atoms with Crippen molar-refractivity contribution < 1.29 is 0 Å². The van der Waals surface area contributed by atoms with E-state index in [2.05, 4.69) is 15.0 Å². The van der Waals surface area contributed by atoms with Crippen molar-refractivity contribution in [2.75, 3.05) is 19.0 Å². The molecule has 102 valence electrons. The number of benzene rings is 1. The summed E-state index contributed by atoms with van der Waals surface area (Å²) < 4.78 is 0. The van der Waals surface area contributed by atoms with Gasteiger partial charge < -0.3 is 9.88 Å². The molecule has 2 heterocycles. The van der Waals surface area contributed by atoms with Gasteiger partial charge in [0, 0.05) is 25.5 Å². The molecule has 0 saturated heterocycles. The van der Waals surface area contributed by atoms with E-state index in [1.807, 2.05) is 55.4 Å². The first kappa shape index (κ1) is 12.9. The van der Waals surface area contributed by atoms with Crippen molar-refractivity contribution in [1.82, 2.24) is 15.0 Å². The maximum Gasteiger partial charge on any atom is 0.179 e. The first-order valence-corrected chi connectivity index (χ1v) is 6.77. The Labute approximate surface area is 122 Å². The smallest absolute Gasteiger partial charge is 0.179 e. The molecular weight excluding hydrogens is 272 g/mol. The molecule has 0 amide bonds. The number of aromatic nitrogens is 3. The molecular formula is C15H15ClN4. The maximum absolute atomic E-state index is 6.18. The van der Waals surface area contributed by atoms with Crippen molar-refractivity contribution in [2.24, 2.45) is 0 Å². The van der Waals surface area contributed by atoms with Crippen molar-refractivity contribution >= 4 is 28.6 Å². The average Bonchev–Trinajstić information content (AvgIpc) is 2.82. The number of nitrogens with one attached hydrogen (secondary N) is 1. The van der Waals surface area contributed by atoms with Crippen LogP contribution in [-0.2, 0) is 6.42 Å². The van der Waals surface area contributed by atoms with Gasteiger partial charge in [0.2, 0.25) is 0 Å². The van der Waals surface area contributed by atoms with E-state index in [1.54, 1.807) is 0 Å². The van der Waals surface area contributed by atoms with Crippen molar-refractivity contribution in [3.63, 3.8) is 0 Å². The zero-order valence-electron chi connectivity index (χ0n) is 11.4. The van der Waals surface area contributed by atoms with Gasteiger partial charge in [0.25, 0.3) is 0 Å². The number of hydrogen-bond donors (Lipinski definition) is 1. The molecule has 3 aromatic rings. The van der Waals surface area contributed by atoms with E-state index < -0.39 is 0 Å². The normalized spacial score (nSPS) is 10.9. The van der Waals surface area contributed by atoms with Gasteiger partial charge in [-0.15, -0.1) is 0 Å². The Morgan fingerprint density at radius 3 is 2.65 bits per heavy atom. The lowest BCUT2D eigenvalue weighted by atomic mass is 10.1. The van der Waals surface area contributed by atoms with E-state index in [9.17, 15) is 0 Å². The monoisotopic (exact) mass is 286 g/mol. The lowest BCUT2D eigenvalue weighted by molar-refractivity contribution is 1.03. The lowest BCUT2D eigenvalue weighted by Crippen LogP contribution is -2.10. The van der Waals surface area contributed by atoms with Crippen LogP contribution in [0.3, 0.4) is 0 Å². The van der Waals surface area contributed by atoms with E-state index >= 15 is 0 Å². The Hall–Kier alpha value is -2.07. The van der Waals surface area contributed by atoms with Crippen LogP contribution in [0.2, 0.25) is 5.02 Å². The van der Waals surface area contributed by atoms with Crippen LogP contribution in [0.15, 0.2) is 36.4 Å². The van der Waals surface area contributed by atoms with Crippen molar-refractivity contribution in [1.29, 1.82) is 0 Å². The number of H-pyrrole nitrogens is 1. The molecule has 5 heteroatoms. The highest BCUT2D eigenvalue weighted by molar-refractivity contribution is 6.31. The van der Waals surface area contributed by atoms with Gasteiger partial charge in [-0.1, -0.05) is 29.8 Å². The quantitative estimate of drug-likeness (QED) is 0.804. The van der Waals surface area contributed by atoms with Gasteiger partial charge in [-0.05, 0) is 23.8 Å². The number of hydrogen-bond acceptors (Lipinski definition) is 3. The summed E-state index contributed by atoms with van der Waals surface area (Å²) >= 11 is 6.18. The minimum atomic E-state index is 0.674. The molecule has 0 saturated carbocycles. The van der Waals surface area contributed by atoms with Gasteiger partial charge in [0.05, 0.1) is 5.52 Å². The molecule has 0 fully saturated rings. The topological polar surface area (TPSA) is 44.8 Å². The molecule has 1 aromatic carbocycles. The summed E-state index contributed by atoms with van der Waals surface area (Å²) in [5.41, 5.74) is 2.73. The molecule has 0 aliphatic rings. The van der Waals surface area contributed by atoms with Crippen LogP contribution in [0.4, 0.5) is 5.82 Å². The summed E-state index contributed by atoms with van der Waals surface area (Å²) in [6.45, 7) is 0. The van der Waals surface area contributed by atoms with Gasteiger partial charge in [-0.3, -0.25) is 0 Å². The second kappa shape index (κ2) is 5.13. The first-order valence-electron chi connectivity index (χ1n) is 6.40. The van der Waals surface area contributed by atoms with Gasteiger partial charge in [-0.2, -0.15) is 0 Å². The molecule has 0 aliphatic heterocycles. The molecule has 0 atom stereocenters. The maximum atomic E-state index is 6.18. The lowest BCUT2D eigenvalue weighted by Gasteiger charge is -2.09. The van der Waals surface area contributed by atoms with Crippen LogP contribution in [0.1, 0.15) is 11.4 Å². The van der Waals surface area contributed by atoms with Crippen LogP contribution >= 0.6 is 11.6 Å². The Morgan fingerprint density at radius 2 is 1.90 bits per heavy atom. The zero-order valence-corrected chi connectivity index (χ0v) is 12.1. The molecule has 3 rings (SSSR count). The summed E-state index contributed by atoms with van der Waals surface area (Å²) in [7, 11) is 3.93. The van der Waals surface area contributed by atoms with Gasteiger partial charge in [-0.25, -0.2) is 9.97 Å². The third-order valence-corrected chi connectivity index (χ3v) is 3.52. The summed E-state index contributed by atoms with van der Waals surface area (Å²) in [5.74, 6) is 1.77. The van der Waals surface area contributed by atoms with E-state index in [0.29, 0.717) is 6.42 Å². The van der Waals surface area contributed by atoms with Crippen molar-refractivity contribution in [3.8, 4) is 0 Å². The number of nitrogens with zero attached hydrogens (tertiary/aromatic N) is 3. The average molecular weight is 287 g/mol. The third kappa shape index (κ3) is 2.47. The minimum Gasteiger partial charge on any atom is -0.363 e. The number of halogens is 1. The number of aromatic amines is 1. The first-order chi connectivity index (χ1) is 9.63. The SMILES string of the molecule is CN(C)c1ccc2[nH]c(Cc3ccccc3Cl)nc2n1. The Bertz CT molecular complexity index is 748. The summed E-state index contributed by atoms with van der Waals surface area (Å²) in [4.78, 5) is 14.3. The fourth-order valence-electron chi connectivity index (χ4n) is 2.09. The largest absolute Gasteiger partial charge is 0.363 e. The molecule has 0 aliphatic carbocycles. The molecule has 20 heavy (non-hydrogen) atoms. The Balaban J connectivity index is 1.95. The number of rotatable bonds is 3. The molecule has 2 aromatic heterocycles. The molecule has 0 unspecified atom stereocenters. The number of fused-ring (bicyclic) bond motifs is 1. The predicted molar refractivity (Wildman–Crippen MR) is 82.5 cm³/mol. The van der Waals surface area contributed by atoms with Gasteiger partial charge >= 0.3 is 0 Å². The fraction of sp³-hybridized carbons (Fsp3) is 0.200. The van der Waals surface area contributed by atoms with Crippen molar-refractivity contribution in [2.45, 2.75) is 6.42 Å². The van der Waals surface area contributed by atoms with E-state index in [1.165, 1.54) is 0 Å². The van der Waals surface area contributed by atoms with Gasteiger partial charge in [0.15, 0.2) is 5.65 Å². The van der Waals surface area contributed by atoms with Crippen LogP contribution in [0.5, 0.6) is 0 Å². The predicted octanol–water partition coefficient (Wildman–Crippen LogP) is 3.27. The summed E-state index contributed by atoms with van der Waals surface area (Å²) in [5, 5.41) is 0.759. The Kier molecular flexibility index (Phi) is 3.32. The van der Waals surface area contributed by atoms with E-state index in [4.69, 9.17) is 11.6 Å². The highest BCUT2D eigenvalue weighted by atomic mass is 35.5. The summed E-state index contributed by atoms with van der Waals surface area (Å²) in [6.07, 6.45) is 0.674. The fourth-order valence-corrected chi connectivity index (χ4v) is 2.29. The second-order valence-corrected chi connectivity index (χ2v) is 5.29. The Morgan fingerprint density at radius 1 is 1.10 bits per heavy atom. The van der Waals surface area contributed by atoms with E-state index in [0.717, 1.165) is 33.4 Å².